The number of nitrogens with two attached hydrogens (primary N) is 1. The molecule has 2 N–H and O–H groups in total. The summed E-state index contributed by atoms with van der Waals surface area (Å²) < 4.78 is 0. The number of hydrogen-bond donors (Lipinski definition) is 1. The van der Waals surface area contributed by atoms with Gasteiger partial charge < -0.3 is 10.6 Å². The summed E-state index contributed by atoms with van der Waals surface area (Å²) in [7, 11) is 1.95. The second-order valence-corrected chi connectivity index (χ2v) is 5.80. The van der Waals surface area contributed by atoms with E-state index < -0.39 is 0 Å². The van der Waals surface area contributed by atoms with Crippen molar-refractivity contribution in [3.63, 3.8) is 0 Å². The van der Waals surface area contributed by atoms with Crippen LogP contribution in [0.5, 0.6) is 0 Å². The van der Waals surface area contributed by atoms with Crippen molar-refractivity contribution >= 4 is 5.91 Å². The molecular weight excluding hydrogens is 248 g/mol. The summed E-state index contributed by atoms with van der Waals surface area (Å²) in [5.41, 5.74) is 7.53. The Kier molecular flexibility index (Phi) is 5.60. The lowest BCUT2D eigenvalue weighted by atomic mass is 10.0. The van der Waals surface area contributed by atoms with Gasteiger partial charge in [0.2, 0.25) is 0 Å². The highest BCUT2D eigenvalue weighted by Gasteiger charge is 2.21. The number of carbonyl (C=O) groups excluding carboxylic acids is 1. The lowest BCUT2D eigenvalue weighted by molar-refractivity contribution is 0.0717. The molecule has 20 heavy (non-hydrogen) atoms. The first-order valence-corrected chi connectivity index (χ1v) is 7.78. The quantitative estimate of drug-likeness (QED) is 0.858. The van der Waals surface area contributed by atoms with Gasteiger partial charge in [-0.1, -0.05) is 37.8 Å². The Morgan fingerprint density at radius 3 is 2.30 bits per heavy atom. The van der Waals surface area contributed by atoms with E-state index in [4.69, 9.17) is 5.73 Å². The maximum Gasteiger partial charge on any atom is 0.253 e. The molecular formula is C17H26N2O. The molecule has 0 atom stereocenters. The third kappa shape index (κ3) is 3.83. The highest BCUT2D eigenvalue weighted by molar-refractivity contribution is 5.94. The van der Waals surface area contributed by atoms with Crippen molar-refractivity contribution in [2.24, 2.45) is 5.73 Å². The van der Waals surface area contributed by atoms with Crippen LogP contribution in [0.3, 0.4) is 0 Å². The number of amides is 1. The molecule has 3 nitrogen and oxygen atoms in total. The highest BCUT2D eigenvalue weighted by atomic mass is 16.2. The van der Waals surface area contributed by atoms with Gasteiger partial charge in [-0.2, -0.15) is 0 Å². The Balaban J connectivity index is 2.01. The molecule has 1 saturated carbocycles. The van der Waals surface area contributed by atoms with Gasteiger partial charge in [0.15, 0.2) is 0 Å². The van der Waals surface area contributed by atoms with Crippen LogP contribution in [0.1, 0.15) is 54.4 Å². The van der Waals surface area contributed by atoms with Gasteiger partial charge in [-0.25, -0.2) is 0 Å². The van der Waals surface area contributed by atoms with Crippen LogP contribution in [-0.2, 0) is 6.42 Å². The summed E-state index contributed by atoms with van der Waals surface area (Å²) in [5.74, 6) is 0.149. The molecule has 0 saturated heterocycles. The van der Waals surface area contributed by atoms with Crippen molar-refractivity contribution in [3.8, 4) is 0 Å². The van der Waals surface area contributed by atoms with E-state index in [1.54, 1.807) is 0 Å². The number of carbonyl (C=O) groups is 1. The molecule has 0 aliphatic heterocycles. The zero-order valence-electron chi connectivity index (χ0n) is 12.5. The third-order valence-corrected chi connectivity index (χ3v) is 4.33. The predicted octanol–water partition coefficient (Wildman–Crippen LogP) is 2.98. The molecule has 1 fully saturated rings. The summed E-state index contributed by atoms with van der Waals surface area (Å²) in [6.07, 6.45) is 8.28. The fraction of sp³-hybridized carbons (Fsp3) is 0.588. The second kappa shape index (κ2) is 7.44. The predicted molar refractivity (Wildman–Crippen MR) is 82.8 cm³/mol. The minimum Gasteiger partial charge on any atom is -0.339 e. The summed E-state index contributed by atoms with van der Waals surface area (Å²) in [6.45, 7) is 0.648. The molecule has 1 amide bonds. The summed E-state index contributed by atoms with van der Waals surface area (Å²) in [6, 6.07) is 8.30. The average Bonchev–Trinajstić information content (AvgIpc) is 2.76. The van der Waals surface area contributed by atoms with Crippen molar-refractivity contribution < 1.29 is 4.79 Å². The number of rotatable bonds is 4. The van der Waals surface area contributed by atoms with Gasteiger partial charge in [0.1, 0.15) is 0 Å². The molecule has 0 spiro atoms. The van der Waals surface area contributed by atoms with Crippen LogP contribution < -0.4 is 5.73 Å². The molecule has 0 unspecified atom stereocenters. The molecule has 1 aliphatic rings. The Labute approximate surface area is 122 Å². The average molecular weight is 274 g/mol. The Morgan fingerprint density at radius 1 is 1.15 bits per heavy atom. The van der Waals surface area contributed by atoms with Crippen molar-refractivity contribution in [3.05, 3.63) is 35.4 Å². The minimum absolute atomic E-state index is 0.149. The van der Waals surface area contributed by atoms with E-state index in [0.717, 1.165) is 24.8 Å². The SMILES string of the molecule is CN(C(=O)c1ccc(CCN)cc1)C1CCCCCC1. The topological polar surface area (TPSA) is 46.3 Å². The van der Waals surface area contributed by atoms with Gasteiger partial charge in [0.05, 0.1) is 0 Å². The lowest BCUT2D eigenvalue weighted by Crippen LogP contribution is -2.36. The first kappa shape index (κ1) is 15.0. The summed E-state index contributed by atoms with van der Waals surface area (Å²) in [4.78, 5) is 14.5. The van der Waals surface area contributed by atoms with Crippen molar-refractivity contribution in [2.45, 2.75) is 51.0 Å². The van der Waals surface area contributed by atoms with Gasteiger partial charge in [0, 0.05) is 18.7 Å². The maximum absolute atomic E-state index is 12.5. The van der Waals surface area contributed by atoms with E-state index in [-0.39, 0.29) is 5.91 Å². The van der Waals surface area contributed by atoms with E-state index in [1.165, 1.54) is 31.2 Å². The minimum atomic E-state index is 0.149. The molecule has 0 aromatic heterocycles. The monoisotopic (exact) mass is 274 g/mol. The Hall–Kier alpha value is -1.35. The van der Waals surface area contributed by atoms with Crippen molar-refractivity contribution in [2.75, 3.05) is 13.6 Å². The maximum atomic E-state index is 12.5. The van der Waals surface area contributed by atoms with E-state index >= 15 is 0 Å². The largest absolute Gasteiger partial charge is 0.339 e. The van der Waals surface area contributed by atoms with Crippen LogP contribution >= 0.6 is 0 Å². The van der Waals surface area contributed by atoms with Gasteiger partial charge in [-0.3, -0.25) is 4.79 Å². The standard InChI is InChI=1S/C17H26N2O/c1-19(16-6-4-2-3-5-7-16)17(20)15-10-8-14(9-11-15)12-13-18/h8-11,16H,2-7,12-13,18H2,1H3. The first-order valence-electron chi connectivity index (χ1n) is 7.78. The van der Waals surface area contributed by atoms with Crippen LogP contribution in [0, 0.1) is 0 Å². The molecule has 1 aliphatic carbocycles. The van der Waals surface area contributed by atoms with Crippen molar-refractivity contribution in [1.82, 2.24) is 4.90 Å². The van der Waals surface area contributed by atoms with Crippen LogP contribution in [0.4, 0.5) is 0 Å². The van der Waals surface area contributed by atoms with Crippen LogP contribution in [0.15, 0.2) is 24.3 Å². The van der Waals surface area contributed by atoms with Crippen LogP contribution in [0.2, 0.25) is 0 Å². The fourth-order valence-corrected chi connectivity index (χ4v) is 3.00. The van der Waals surface area contributed by atoms with E-state index in [1.807, 2.05) is 36.2 Å². The fourth-order valence-electron chi connectivity index (χ4n) is 3.00. The van der Waals surface area contributed by atoms with Gasteiger partial charge in [0.25, 0.3) is 5.91 Å². The smallest absolute Gasteiger partial charge is 0.253 e. The number of hydrogen-bond acceptors (Lipinski definition) is 2. The Morgan fingerprint density at radius 2 is 1.75 bits per heavy atom. The zero-order valence-corrected chi connectivity index (χ0v) is 12.5. The lowest BCUT2D eigenvalue weighted by Gasteiger charge is -2.27. The molecule has 0 radical (unpaired) electrons. The van der Waals surface area contributed by atoms with Crippen molar-refractivity contribution in [1.29, 1.82) is 0 Å². The molecule has 1 aromatic rings. The third-order valence-electron chi connectivity index (χ3n) is 4.33. The van der Waals surface area contributed by atoms with E-state index in [9.17, 15) is 4.79 Å². The van der Waals surface area contributed by atoms with E-state index in [2.05, 4.69) is 0 Å². The first-order chi connectivity index (χ1) is 9.72. The molecule has 2 rings (SSSR count). The van der Waals surface area contributed by atoms with Gasteiger partial charge in [-0.05, 0) is 43.5 Å². The van der Waals surface area contributed by atoms with Gasteiger partial charge in [-0.15, -0.1) is 0 Å². The molecule has 110 valence electrons. The van der Waals surface area contributed by atoms with Gasteiger partial charge >= 0.3 is 0 Å². The normalized spacial score (nSPS) is 16.7. The number of benzene rings is 1. The summed E-state index contributed by atoms with van der Waals surface area (Å²) >= 11 is 0. The zero-order chi connectivity index (χ0) is 14.4. The summed E-state index contributed by atoms with van der Waals surface area (Å²) in [5, 5.41) is 0. The second-order valence-electron chi connectivity index (χ2n) is 5.80. The Bertz CT molecular complexity index is 419. The van der Waals surface area contributed by atoms with Crippen LogP contribution in [-0.4, -0.2) is 30.4 Å². The molecule has 0 bridgehead atoms. The molecule has 3 heteroatoms. The molecule has 1 aromatic carbocycles. The number of nitrogens with zero attached hydrogens (tertiary/aromatic N) is 1. The highest BCUT2D eigenvalue weighted by Crippen LogP contribution is 2.22. The van der Waals surface area contributed by atoms with E-state index in [0.29, 0.717) is 12.6 Å². The molecule has 0 heterocycles. The van der Waals surface area contributed by atoms with Crippen LogP contribution in [0.25, 0.3) is 0 Å².